The van der Waals surface area contributed by atoms with Gasteiger partial charge in [-0.1, -0.05) is 66.2 Å². The average molecular weight is 464 g/mol. The van der Waals surface area contributed by atoms with Crippen LogP contribution in [0, 0.1) is 16.0 Å². The summed E-state index contributed by atoms with van der Waals surface area (Å²) in [5.74, 6) is -1.67. The molecule has 5 rings (SSSR count). The van der Waals surface area contributed by atoms with Crippen LogP contribution in [0.15, 0.2) is 78.9 Å². The van der Waals surface area contributed by atoms with Crippen molar-refractivity contribution in [2.75, 3.05) is 5.06 Å². The second kappa shape index (κ2) is 8.31. The van der Waals surface area contributed by atoms with Gasteiger partial charge in [-0.15, -0.1) is 0 Å². The minimum absolute atomic E-state index is 0.00925. The Labute approximate surface area is 194 Å². The molecule has 0 spiro atoms. The first-order valence-corrected chi connectivity index (χ1v) is 10.7. The zero-order chi connectivity index (χ0) is 23.1. The quantitative estimate of drug-likeness (QED) is 0.318. The lowest BCUT2D eigenvalue weighted by molar-refractivity contribution is -0.384. The van der Waals surface area contributed by atoms with Crippen molar-refractivity contribution in [2.45, 2.75) is 18.7 Å². The van der Waals surface area contributed by atoms with Crippen molar-refractivity contribution in [1.29, 1.82) is 0 Å². The molecule has 0 bridgehead atoms. The molecule has 3 aromatic carbocycles. The van der Waals surface area contributed by atoms with Gasteiger partial charge >= 0.3 is 0 Å². The number of para-hydroxylation sites is 1. The van der Waals surface area contributed by atoms with E-state index in [9.17, 15) is 19.7 Å². The van der Waals surface area contributed by atoms with Gasteiger partial charge in [0.25, 0.3) is 11.6 Å². The Morgan fingerprint density at radius 1 is 0.939 bits per heavy atom. The van der Waals surface area contributed by atoms with E-state index in [0.29, 0.717) is 11.3 Å². The smallest absolute Gasteiger partial charge is 0.275 e. The second-order valence-electron chi connectivity index (χ2n) is 7.87. The summed E-state index contributed by atoms with van der Waals surface area (Å²) in [4.78, 5) is 44.8. The van der Waals surface area contributed by atoms with Crippen LogP contribution >= 0.6 is 11.6 Å². The Hall–Kier alpha value is -3.75. The number of nitrogens with zero attached hydrogens (tertiary/aromatic N) is 3. The van der Waals surface area contributed by atoms with Crippen molar-refractivity contribution >= 4 is 34.8 Å². The van der Waals surface area contributed by atoms with Crippen molar-refractivity contribution in [3.05, 3.63) is 105 Å². The molecule has 0 N–H and O–H groups in total. The monoisotopic (exact) mass is 463 g/mol. The Bertz CT molecular complexity index is 1240. The molecule has 2 heterocycles. The van der Waals surface area contributed by atoms with Crippen LogP contribution in [0.1, 0.15) is 17.2 Å². The first-order valence-electron chi connectivity index (χ1n) is 10.3. The lowest BCUT2D eigenvalue weighted by atomic mass is 9.90. The summed E-state index contributed by atoms with van der Waals surface area (Å²) in [6.07, 6.45) is -1.03. The van der Waals surface area contributed by atoms with Gasteiger partial charge in [0.1, 0.15) is 10.9 Å². The molecule has 2 saturated heterocycles. The summed E-state index contributed by atoms with van der Waals surface area (Å²) in [5, 5.41) is 13.0. The van der Waals surface area contributed by atoms with Crippen LogP contribution in [0.3, 0.4) is 0 Å². The van der Waals surface area contributed by atoms with Crippen molar-refractivity contribution in [1.82, 2.24) is 4.90 Å². The number of nitro groups is 1. The Balaban J connectivity index is 1.56. The highest BCUT2D eigenvalue weighted by Crippen LogP contribution is 2.47. The summed E-state index contributed by atoms with van der Waals surface area (Å²) in [5.41, 5.74) is 1.64. The maximum atomic E-state index is 13.5. The van der Waals surface area contributed by atoms with E-state index in [-0.39, 0.29) is 23.2 Å². The number of benzene rings is 3. The van der Waals surface area contributed by atoms with E-state index in [4.69, 9.17) is 16.4 Å². The molecule has 0 saturated carbocycles. The molecule has 166 valence electrons. The molecule has 9 heteroatoms. The average Bonchev–Trinajstić information content (AvgIpc) is 3.33. The zero-order valence-corrected chi connectivity index (χ0v) is 18.0. The predicted molar refractivity (Wildman–Crippen MR) is 120 cm³/mol. The standard InChI is InChI=1S/C24H18ClN3O5/c25-18-12-11-16(13-19(18)28(31)32)21-20-22(33-27(21)17-9-5-2-6-10-17)24(30)26(23(20)29)14-15-7-3-1-4-8-15/h1-13,20-22H,14H2/t20-,21-,22-/m0/s1. The maximum absolute atomic E-state index is 13.5. The number of hydrogen-bond acceptors (Lipinski definition) is 6. The number of carbonyl (C=O) groups excluding carboxylic acids is 2. The highest BCUT2D eigenvalue weighted by Gasteiger charge is 2.59. The molecule has 3 atom stereocenters. The van der Waals surface area contributed by atoms with E-state index >= 15 is 0 Å². The number of likely N-dealkylation sites (tertiary alicyclic amines) is 1. The van der Waals surface area contributed by atoms with Crippen LogP contribution in [0.5, 0.6) is 0 Å². The Kier molecular flexibility index (Phi) is 5.32. The Morgan fingerprint density at radius 2 is 1.61 bits per heavy atom. The van der Waals surface area contributed by atoms with Crippen LogP contribution in [0.25, 0.3) is 0 Å². The number of halogens is 1. The molecule has 0 radical (unpaired) electrons. The topological polar surface area (TPSA) is 93.0 Å². The van der Waals surface area contributed by atoms with E-state index in [1.807, 2.05) is 36.4 Å². The van der Waals surface area contributed by atoms with Gasteiger partial charge in [-0.05, 0) is 29.3 Å². The summed E-state index contributed by atoms with van der Waals surface area (Å²) in [7, 11) is 0. The van der Waals surface area contributed by atoms with E-state index in [2.05, 4.69) is 0 Å². The Morgan fingerprint density at radius 3 is 2.27 bits per heavy atom. The largest absolute Gasteiger partial charge is 0.288 e. The third-order valence-electron chi connectivity index (χ3n) is 5.91. The van der Waals surface area contributed by atoms with Crippen LogP contribution in [0.4, 0.5) is 11.4 Å². The van der Waals surface area contributed by atoms with E-state index in [1.165, 1.54) is 22.1 Å². The van der Waals surface area contributed by atoms with Gasteiger partial charge in [-0.2, -0.15) is 0 Å². The first kappa shape index (κ1) is 21.1. The number of hydrogen-bond donors (Lipinski definition) is 0. The number of carbonyl (C=O) groups is 2. The lowest BCUT2D eigenvalue weighted by Crippen LogP contribution is -2.36. The number of nitro benzene ring substituents is 1. The summed E-state index contributed by atoms with van der Waals surface area (Å²) >= 11 is 6.01. The number of fused-ring (bicyclic) bond motifs is 1. The first-order chi connectivity index (χ1) is 16.0. The van der Waals surface area contributed by atoms with Crippen molar-refractivity contribution < 1.29 is 19.3 Å². The molecule has 2 aliphatic rings. The minimum Gasteiger partial charge on any atom is -0.275 e. The maximum Gasteiger partial charge on any atom is 0.288 e. The summed E-state index contributed by atoms with van der Waals surface area (Å²) in [6.45, 7) is 0.133. The number of imide groups is 1. The molecule has 2 fully saturated rings. The summed E-state index contributed by atoms with van der Waals surface area (Å²) in [6, 6.07) is 21.9. The van der Waals surface area contributed by atoms with Gasteiger partial charge < -0.3 is 0 Å². The van der Waals surface area contributed by atoms with E-state index in [0.717, 1.165) is 5.56 Å². The molecule has 8 nitrogen and oxygen atoms in total. The van der Waals surface area contributed by atoms with Crippen LogP contribution in [-0.4, -0.2) is 27.7 Å². The molecule has 0 aliphatic carbocycles. The molecule has 2 aliphatic heterocycles. The van der Waals surface area contributed by atoms with Gasteiger partial charge in [-0.25, -0.2) is 5.06 Å². The van der Waals surface area contributed by atoms with Crippen LogP contribution in [-0.2, 0) is 21.0 Å². The van der Waals surface area contributed by atoms with Gasteiger partial charge in [0.05, 0.1) is 23.2 Å². The number of amides is 2. The van der Waals surface area contributed by atoms with E-state index < -0.39 is 28.9 Å². The molecular weight excluding hydrogens is 446 g/mol. The molecule has 0 unspecified atom stereocenters. The fourth-order valence-corrected chi connectivity index (χ4v) is 4.57. The fourth-order valence-electron chi connectivity index (χ4n) is 4.38. The highest BCUT2D eigenvalue weighted by atomic mass is 35.5. The van der Waals surface area contributed by atoms with Gasteiger partial charge in [-0.3, -0.25) is 29.4 Å². The number of rotatable bonds is 5. The van der Waals surface area contributed by atoms with Gasteiger partial charge in [0, 0.05) is 6.07 Å². The SMILES string of the molecule is O=C1[C@@H]2[C@H](ON(c3ccccc3)[C@H]2c2ccc(Cl)c([N+](=O)[O-])c2)C(=O)N1Cc1ccccc1. The molecule has 3 aromatic rings. The normalized spacial score (nSPS) is 22.0. The molecule has 33 heavy (non-hydrogen) atoms. The fraction of sp³-hybridized carbons (Fsp3) is 0.167. The third-order valence-corrected chi connectivity index (χ3v) is 6.23. The molecule has 0 aromatic heterocycles. The van der Waals surface area contributed by atoms with Crippen LogP contribution in [0.2, 0.25) is 5.02 Å². The van der Waals surface area contributed by atoms with E-state index in [1.54, 1.807) is 30.3 Å². The number of anilines is 1. The van der Waals surface area contributed by atoms with Crippen molar-refractivity contribution in [3.63, 3.8) is 0 Å². The molecular formula is C24H18ClN3O5. The predicted octanol–water partition coefficient (Wildman–Crippen LogP) is 4.29. The van der Waals surface area contributed by atoms with Crippen molar-refractivity contribution in [3.8, 4) is 0 Å². The zero-order valence-electron chi connectivity index (χ0n) is 17.2. The number of hydroxylamine groups is 1. The summed E-state index contributed by atoms with van der Waals surface area (Å²) < 4.78 is 0. The second-order valence-corrected chi connectivity index (χ2v) is 8.28. The lowest BCUT2D eigenvalue weighted by Gasteiger charge is -2.28. The van der Waals surface area contributed by atoms with Crippen molar-refractivity contribution in [2.24, 2.45) is 5.92 Å². The third kappa shape index (κ3) is 3.63. The van der Waals surface area contributed by atoms with Gasteiger partial charge in [0.15, 0.2) is 6.10 Å². The van der Waals surface area contributed by atoms with Crippen LogP contribution < -0.4 is 5.06 Å². The minimum atomic E-state index is -1.03. The molecule has 2 amide bonds. The van der Waals surface area contributed by atoms with Gasteiger partial charge in [0.2, 0.25) is 5.91 Å². The highest BCUT2D eigenvalue weighted by molar-refractivity contribution is 6.32.